The summed E-state index contributed by atoms with van der Waals surface area (Å²) in [5, 5.41) is 8.08. The first-order valence-electron chi connectivity index (χ1n) is 8.55. The van der Waals surface area contributed by atoms with Gasteiger partial charge in [0.15, 0.2) is 0 Å². The Bertz CT molecular complexity index is 604. The van der Waals surface area contributed by atoms with E-state index in [4.69, 9.17) is 4.74 Å². The van der Waals surface area contributed by atoms with Crippen molar-refractivity contribution in [3.05, 3.63) is 24.3 Å². The Hall–Kier alpha value is -2.61. The maximum Gasteiger partial charge on any atom is 0.242 e. The van der Waals surface area contributed by atoms with E-state index in [0.29, 0.717) is 18.0 Å². The van der Waals surface area contributed by atoms with Crippen LogP contribution in [0.15, 0.2) is 24.3 Å². The largest absolute Gasteiger partial charge is 0.497 e. The van der Waals surface area contributed by atoms with Gasteiger partial charge in [-0.3, -0.25) is 19.3 Å². The second kappa shape index (κ2) is 11.1. The van der Waals surface area contributed by atoms with Crippen LogP contribution in [0.2, 0.25) is 0 Å². The van der Waals surface area contributed by atoms with Crippen LogP contribution in [0.3, 0.4) is 0 Å². The van der Waals surface area contributed by atoms with E-state index in [-0.39, 0.29) is 30.8 Å². The van der Waals surface area contributed by atoms with Gasteiger partial charge >= 0.3 is 0 Å². The van der Waals surface area contributed by atoms with Crippen LogP contribution in [-0.2, 0) is 14.4 Å². The lowest BCUT2D eigenvalue weighted by Gasteiger charge is -2.18. The molecule has 0 spiro atoms. The molecule has 1 aromatic carbocycles. The molecule has 0 aliphatic carbocycles. The van der Waals surface area contributed by atoms with Crippen LogP contribution in [0.25, 0.3) is 0 Å². The molecule has 3 N–H and O–H groups in total. The lowest BCUT2D eigenvalue weighted by molar-refractivity contribution is -0.129. The first kappa shape index (κ1) is 21.4. The van der Waals surface area contributed by atoms with E-state index < -0.39 is 6.04 Å². The molecule has 1 rings (SSSR count). The number of hydrogen-bond donors (Lipinski definition) is 3. The average Bonchev–Trinajstić information content (AvgIpc) is 2.59. The maximum absolute atomic E-state index is 12.0. The SMILES string of the molecule is CCCNC(=O)[C@H](C)NC(=O)CN(C)CC(=O)Nc1ccc(OC)cc1. The predicted molar refractivity (Wildman–Crippen MR) is 100 cm³/mol. The quantitative estimate of drug-likeness (QED) is 0.564. The van der Waals surface area contributed by atoms with E-state index in [1.807, 2.05) is 6.92 Å². The van der Waals surface area contributed by atoms with E-state index in [2.05, 4.69) is 16.0 Å². The predicted octanol–water partition coefficient (Wildman–Crippen LogP) is 0.596. The fourth-order valence-corrected chi connectivity index (χ4v) is 2.18. The highest BCUT2D eigenvalue weighted by Gasteiger charge is 2.17. The summed E-state index contributed by atoms with van der Waals surface area (Å²) in [4.78, 5) is 37.3. The zero-order valence-electron chi connectivity index (χ0n) is 15.8. The standard InChI is InChI=1S/C18H28N4O4/c1-5-10-19-18(25)13(2)20-16(23)11-22(3)12-17(24)21-14-6-8-15(26-4)9-7-14/h6-9,13H,5,10-12H2,1-4H3,(H,19,25)(H,20,23)(H,21,24)/t13-/m0/s1. The number of likely N-dealkylation sites (N-methyl/N-ethyl adjacent to an activating group) is 1. The Morgan fingerprint density at radius 1 is 1.12 bits per heavy atom. The maximum atomic E-state index is 12.0. The summed E-state index contributed by atoms with van der Waals surface area (Å²) in [6.45, 7) is 4.22. The third-order valence-electron chi connectivity index (χ3n) is 3.52. The Kier molecular flexibility index (Phi) is 9.14. The van der Waals surface area contributed by atoms with Gasteiger partial charge in [0.05, 0.1) is 20.2 Å². The van der Waals surface area contributed by atoms with E-state index in [1.54, 1.807) is 50.2 Å². The van der Waals surface area contributed by atoms with Crippen molar-refractivity contribution in [3.63, 3.8) is 0 Å². The number of anilines is 1. The minimum Gasteiger partial charge on any atom is -0.497 e. The molecule has 8 heteroatoms. The van der Waals surface area contributed by atoms with Crippen molar-refractivity contribution in [2.24, 2.45) is 0 Å². The van der Waals surface area contributed by atoms with Crippen LogP contribution in [0, 0.1) is 0 Å². The fraction of sp³-hybridized carbons (Fsp3) is 0.500. The van der Waals surface area contributed by atoms with Crippen LogP contribution in [0.5, 0.6) is 5.75 Å². The summed E-state index contributed by atoms with van der Waals surface area (Å²) in [6, 6.07) is 6.35. The van der Waals surface area contributed by atoms with Gasteiger partial charge in [-0.1, -0.05) is 6.92 Å². The van der Waals surface area contributed by atoms with Crippen molar-refractivity contribution in [1.82, 2.24) is 15.5 Å². The molecule has 144 valence electrons. The molecule has 0 aromatic heterocycles. The highest BCUT2D eigenvalue weighted by Crippen LogP contribution is 2.14. The molecule has 26 heavy (non-hydrogen) atoms. The second-order valence-electron chi connectivity index (χ2n) is 6.03. The number of ether oxygens (including phenoxy) is 1. The number of nitrogens with zero attached hydrogens (tertiary/aromatic N) is 1. The zero-order chi connectivity index (χ0) is 19.5. The van der Waals surface area contributed by atoms with Crippen molar-refractivity contribution in [3.8, 4) is 5.75 Å². The molecule has 0 saturated heterocycles. The molecule has 0 aliphatic rings. The average molecular weight is 364 g/mol. The minimum absolute atomic E-state index is 0.0153. The lowest BCUT2D eigenvalue weighted by Crippen LogP contribution is -2.48. The molecule has 0 unspecified atom stereocenters. The van der Waals surface area contributed by atoms with Gasteiger partial charge in [0.1, 0.15) is 11.8 Å². The highest BCUT2D eigenvalue weighted by atomic mass is 16.5. The van der Waals surface area contributed by atoms with Gasteiger partial charge in [-0.05, 0) is 44.7 Å². The number of benzene rings is 1. The van der Waals surface area contributed by atoms with Crippen molar-refractivity contribution < 1.29 is 19.1 Å². The summed E-state index contributed by atoms with van der Waals surface area (Å²) < 4.78 is 5.06. The number of hydrogen-bond acceptors (Lipinski definition) is 5. The van der Waals surface area contributed by atoms with Gasteiger partial charge in [-0.2, -0.15) is 0 Å². The summed E-state index contributed by atoms with van der Waals surface area (Å²) >= 11 is 0. The fourth-order valence-electron chi connectivity index (χ4n) is 2.18. The van der Waals surface area contributed by atoms with Crippen molar-refractivity contribution in [2.45, 2.75) is 26.3 Å². The molecule has 0 radical (unpaired) electrons. The molecule has 0 aliphatic heterocycles. The Morgan fingerprint density at radius 2 is 1.73 bits per heavy atom. The number of rotatable bonds is 10. The molecule has 0 fully saturated rings. The summed E-state index contributed by atoms with van der Waals surface area (Å²) in [5.41, 5.74) is 0.648. The topological polar surface area (TPSA) is 99.8 Å². The monoisotopic (exact) mass is 364 g/mol. The Labute approximate surface area is 154 Å². The number of nitrogens with one attached hydrogen (secondary N) is 3. The number of amides is 3. The van der Waals surface area contributed by atoms with Gasteiger partial charge in [-0.25, -0.2) is 0 Å². The summed E-state index contributed by atoms with van der Waals surface area (Å²) in [7, 11) is 3.23. The van der Waals surface area contributed by atoms with Crippen LogP contribution >= 0.6 is 0 Å². The zero-order valence-corrected chi connectivity index (χ0v) is 15.8. The van der Waals surface area contributed by atoms with Crippen molar-refractivity contribution in [2.75, 3.05) is 39.1 Å². The Morgan fingerprint density at radius 3 is 2.31 bits per heavy atom. The lowest BCUT2D eigenvalue weighted by atomic mass is 10.3. The molecule has 3 amide bonds. The number of carbonyl (C=O) groups is 3. The molecule has 0 saturated carbocycles. The summed E-state index contributed by atoms with van der Waals surface area (Å²) in [5.74, 6) is -0.0721. The third-order valence-corrected chi connectivity index (χ3v) is 3.52. The van der Waals surface area contributed by atoms with Gasteiger partial charge in [0.25, 0.3) is 0 Å². The molecular weight excluding hydrogens is 336 g/mol. The van der Waals surface area contributed by atoms with Crippen LogP contribution in [0.1, 0.15) is 20.3 Å². The Balaban J connectivity index is 2.37. The molecule has 0 bridgehead atoms. The molecule has 1 atom stereocenters. The molecule has 1 aromatic rings. The van der Waals surface area contributed by atoms with Gasteiger partial charge < -0.3 is 20.7 Å². The van der Waals surface area contributed by atoms with Gasteiger partial charge in [0.2, 0.25) is 17.7 Å². The summed E-state index contributed by atoms with van der Waals surface area (Å²) in [6.07, 6.45) is 0.832. The molecular formula is C18H28N4O4. The van der Waals surface area contributed by atoms with Crippen molar-refractivity contribution in [1.29, 1.82) is 0 Å². The smallest absolute Gasteiger partial charge is 0.242 e. The van der Waals surface area contributed by atoms with Gasteiger partial charge in [0, 0.05) is 12.2 Å². The third kappa shape index (κ3) is 7.98. The minimum atomic E-state index is -0.615. The number of methoxy groups -OCH3 is 1. The van der Waals surface area contributed by atoms with Crippen LogP contribution < -0.4 is 20.7 Å². The van der Waals surface area contributed by atoms with Crippen LogP contribution in [-0.4, -0.2) is 62.5 Å². The van der Waals surface area contributed by atoms with E-state index in [1.165, 1.54) is 0 Å². The number of carbonyl (C=O) groups excluding carboxylic acids is 3. The molecule has 0 heterocycles. The molecule has 8 nitrogen and oxygen atoms in total. The van der Waals surface area contributed by atoms with E-state index in [0.717, 1.165) is 6.42 Å². The van der Waals surface area contributed by atoms with E-state index in [9.17, 15) is 14.4 Å². The second-order valence-corrected chi connectivity index (χ2v) is 6.03. The van der Waals surface area contributed by atoms with E-state index >= 15 is 0 Å². The first-order valence-corrected chi connectivity index (χ1v) is 8.55. The normalized spacial score (nSPS) is 11.6. The first-order chi connectivity index (χ1) is 12.3. The van der Waals surface area contributed by atoms with Crippen molar-refractivity contribution >= 4 is 23.4 Å². The van der Waals surface area contributed by atoms with Gasteiger partial charge in [-0.15, -0.1) is 0 Å². The highest BCUT2D eigenvalue weighted by molar-refractivity contribution is 5.93. The van der Waals surface area contributed by atoms with Crippen LogP contribution in [0.4, 0.5) is 5.69 Å².